The molecular formula is C44H65N3O3. The molecule has 6 heteroatoms. The maximum atomic E-state index is 12.9. The van der Waals surface area contributed by atoms with Gasteiger partial charge in [-0.05, 0) is 30.0 Å². The van der Waals surface area contributed by atoms with Crippen molar-refractivity contribution in [2.24, 2.45) is 0 Å². The summed E-state index contributed by atoms with van der Waals surface area (Å²) in [6.45, 7) is 6.05. The fourth-order valence-corrected chi connectivity index (χ4v) is 6.42. The minimum atomic E-state index is -0.467. The van der Waals surface area contributed by atoms with Gasteiger partial charge in [0.15, 0.2) is 0 Å². The lowest BCUT2D eigenvalue weighted by Gasteiger charge is -2.22. The molecule has 0 aliphatic heterocycles. The molecule has 0 saturated carbocycles. The summed E-state index contributed by atoms with van der Waals surface area (Å²) in [7, 11) is 0. The highest BCUT2D eigenvalue weighted by atomic mass is 16.5. The molecule has 0 aromatic heterocycles. The van der Waals surface area contributed by atoms with Crippen molar-refractivity contribution in [3.8, 4) is 0 Å². The number of ether oxygens (including phenoxy) is 1. The van der Waals surface area contributed by atoms with Gasteiger partial charge in [-0.1, -0.05) is 182 Å². The molecular weight excluding hydrogens is 619 g/mol. The van der Waals surface area contributed by atoms with Crippen molar-refractivity contribution in [2.75, 3.05) is 19.6 Å². The first-order valence-corrected chi connectivity index (χ1v) is 19.7. The van der Waals surface area contributed by atoms with Crippen LogP contribution in [0.15, 0.2) is 84.9 Å². The summed E-state index contributed by atoms with van der Waals surface area (Å²) in [5.41, 5.74) is 3.81. The molecule has 2 amide bonds. The van der Waals surface area contributed by atoms with Crippen LogP contribution >= 0.6 is 0 Å². The van der Waals surface area contributed by atoms with Gasteiger partial charge in [0.2, 0.25) is 0 Å². The predicted octanol–water partition coefficient (Wildman–Crippen LogP) is 11.0. The van der Waals surface area contributed by atoms with E-state index in [0.717, 1.165) is 38.9 Å². The van der Waals surface area contributed by atoms with E-state index in [9.17, 15) is 9.59 Å². The third-order valence-electron chi connectivity index (χ3n) is 9.36. The quantitative estimate of drug-likeness (QED) is 0.0747. The molecule has 0 spiro atoms. The third kappa shape index (κ3) is 18.9. The number of carbonyl (C=O) groups excluding carboxylic acids is 2. The van der Waals surface area contributed by atoms with Crippen LogP contribution in [0.2, 0.25) is 0 Å². The topological polar surface area (TPSA) is 70.7 Å². The van der Waals surface area contributed by atoms with Gasteiger partial charge >= 0.3 is 6.09 Å². The second-order valence-electron chi connectivity index (χ2n) is 13.8. The predicted molar refractivity (Wildman–Crippen MR) is 208 cm³/mol. The molecule has 0 aliphatic carbocycles. The van der Waals surface area contributed by atoms with Gasteiger partial charge in [0.25, 0.3) is 5.91 Å². The number of benzene rings is 3. The van der Waals surface area contributed by atoms with Gasteiger partial charge in [-0.2, -0.15) is 0 Å². The van der Waals surface area contributed by atoms with Crippen molar-refractivity contribution in [1.29, 1.82) is 0 Å². The molecule has 0 fully saturated rings. The summed E-state index contributed by atoms with van der Waals surface area (Å²) >= 11 is 0. The molecule has 3 rings (SSSR count). The average molecular weight is 684 g/mol. The largest absolute Gasteiger partial charge is 0.445 e. The third-order valence-corrected chi connectivity index (χ3v) is 9.36. The molecule has 2 N–H and O–H groups in total. The maximum Gasteiger partial charge on any atom is 0.407 e. The van der Waals surface area contributed by atoms with Gasteiger partial charge in [-0.25, -0.2) is 4.79 Å². The molecule has 0 unspecified atom stereocenters. The number of carbonyl (C=O) groups is 2. The SMILES string of the molecule is CCCCCCCCCCCCCCCCCCNC(=O)c1ccccc1COC(=O)NCCCN(Cc1ccccc1)Cc1ccccc1. The van der Waals surface area contributed by atoms with E-state index in [0.29, 0.717) is 24.2 Å². The minimum Gasteiger partial charge on any atom is -0.445 e. The summed E-state index contributed by atoms with van der Waals surface area (Å²) in [5, 5.41) is 5.95. The Morgan fingerprint density at radius 2 is 1.00 bits per heavy atom. The van der Waals surface area contributed by atoms with E-state index in [1.54, 1.807) is 6.07 Å². The van der Waals surface area contributed by atoms with Crippen molar-refractivity contribution >= 4 is 12.0 Å². The molecule has 0 saturated heterocycles. The van der Waals surface area contributed by atoms with Gasteiger partial charge in [0.1, 0.15) is 6.61 Å². The molecule has 0 bridgehead atoms. The Bertz CT molecular complexity index is 1240. The zero-order valence-electron chi connectivity index (χ0n) is 31.0. The van der Waals surface area contributed by atoms with Crippen LogP contribution in [0.4, 0.5) is 4.79 Å². The highest BCUT2D eigenvalue weighted by Crippen LogP contribution is 2.15. The van der Waals surface area contributed by atoms with Gasteiger partial charge < -0.3 is 15.4 Å². The zero-order valence-corrected chi connectivity index (χ0v) is 31.0. The molecule has 3 aromatic rings. The number of nitrogens with zero attached hydrogens (tertiary/aromatic N) is 1. The second kappa shape index (κ2) is 27.1. The van der Waals surface area contributed by atoms with E-state index in [1.807, 2.05) is 30.3 Å². The summed E-state index contributed by atoms with van der Waals surface area (Å²) in [6, 6.07) is 28.3. The Labute approximate surface area is 303 Å². The van der Waals surface area contributed by atoms with Crippen molar-refractivity contribution in [1.82, 2.24) is 15.5 Å². The molecule has 0 aliphatic rings. The lowest BCUT2D eigenvalue weighted by molar-refractivity contribution is 0.0946. The molecule has 50 heavy (non-hydrogen) atoms. The Morgan fingerprint density at radius 1 is 0.540 bits per heavy atom. The minimum absolute atomic E-state index is 0.0581. The van der Waals surface area contributed by atoms with Crippen LogP contribution in [-0.4, -0.2) is 36.5 Å². The maximum absolute atomic E-state index is 12.9. The molecule has 274 valence electrons. The van der Waals surface area contributed by atoms with Crippen LogP contribution in [0.5, 0.6) is 0 Å². The summed E-state index contributed by atoms with van der Waals surface area (Å²) in [6.07, 6.45) is 21.6. The zero-order chi connectivity index (χ0) is 35.3. The first-order valence-electron chi connectivity index (χ1n) is 19.7. The summed E-state index contributed by atoms with van der Waals surface area (Å²) in [5.74, 6) is -0.109. The second-order valence-corrected chi connectivity index (χ2v) is 13.8. The van der Waals surface area contributed by atoms with E-state index >= 15 is 0 Å². The average Bonchev–Trinajstić information content (AvgIpc) is 3.14. The number of unbranched alkanes of at least 4 members (excludes halogenated alkanes) is 15. The Hall–Kier alpha value is -3.64. The molecule has 0 heterocycles. The summed E-state index contributed by atoms with van der Waals surface area (Å²) < 4.78 is 5.51. The van der Waals surface area contributed by atoms with Crippen LogP contribution in [-0.2, 0) is 24.4 Å². The van der Waals surface area contributed by atoms with Crippen molar-refractivity contribution in [3.63, 3.8) is 0 Å². The van der Waals surface area contributed by atoms with Gasteiger partial charge in [-0.3, -0.25) is 9.69 Å². The normalized spacial score (nSPS) is 11.1. The van der Waals surface area contributed by atoms with E-state index in [2.05, 4.69) is 71.0 Å². The van der Waals surface area contributed by atoms with Crippen LogP contribution in [0.1, 0.15) is 143 Å². The molecule has 3 aromatic carbocycles. The van der Waals surface area contributed by atoms with Crippen LogP contribution in [0.3, 0.4) is 0 Å². The van der Waals surface area contributed by atoms with Crippen molar-refractivity contribution in [3.05, 3.63) is 107 Å². The van der Waals surface area contributed by atoms with Crippen molar-refractivity contribution < 1.29 is 14.3 Å². The van der Waals surface area contributed by atoms with Crippen LogP contribution < -0.4 is 10.6 Å². The Morgan fingerprint density at radius 3 is 1.54 bits per heavy atom. The van der Waals surface area contributed by atoms with Crippen molar-refractivity contribution in [2.45, 2.75) is 136 Å². The first kappa shape index (κ1) is 40.8. The number of hydrogen-bond acceptors (Lipinski definition) is 4. The smallest absolute Gasteiger partial charge is 0.407 e. The first-order chi connectivity index (χ1) is 24.7. The Balaban J connectivity index is 1.23. The number of alkyl carbamates (subject to hydrolysis) is 1. The van der Waals surface area contributed by atoms with E-state index < -0.39 is 6.09 Å². The Kier molecular flexibility index (Phi) is 22.1. The summed E-state index contributed by atoms with van der Waals surface area (Å²) in [4.78, 5) is 27.9. The highest BCUT2D eigenvalue weighted by Gasteiger charge is 2.13. The fourth-order valence-electron chi connectivity index (χ4n) is 6.42. The van der Waals surface area contributed by atoms with Crippen LogP contribution in [0, 0.1) is 0 Å². The number of hydrogen-bond donors (Lipinski definition) is 2. The van der Waals surface area contributed by atoms with E-state index in [-0.39, 0.29) is 12.5 Å². The molecule has 6 nitrogen and oxygen atoms in total. The standard InChI is InChI=1S/C44H65N3O3/c1-2-3-4-5-6-7-8-9-10-11-12-13-14-15-16-25-33-45-43(48)42-32-24-23-31-41(42)38-50-44(49)46-34-26-35-47(36-39-27-19-17-20-28-39)37-40-29-21-18-22-30-40/h17-24,27-32H,2-16,25-26,33-38H2,1H3,(H,45,48)(H,46,49). The number of rotatable bonds is 28. The molecule has 0 atom stereocenters. The van der Waals surface area contributed by atoms with Gasteiger partial charge in [0.05, 0.1) is 0 Å². The lowest BCUT2D eigenvalue weighted by atomic mass is 10.0. The van der Waals surface area contributed by atoms with E-state index in [4.69, 9.17) is 4.74 Å². The fraction of sp³-hybridized carbons (Fsp3) is 0.545. The number of nitrogens with one attached hydrogen (secondary N) is 2. The number of amides is 2. The van der Waals surface area contributed by atoms with Gasteiger partial charge in [-0.15, -0.1) is 0 Å². The lowest BCUT2D eigenvalue weighted by Crippen LogP contribution is -2.30. The highest BCUT2D eigenvalue weighted by molar-refractivity contribution is 5.95. The van der Waals surface area contributed by atoms with Crippen LogP contribution in [0.25, 0.3) is 0 Å². The van der Waals surface area contributed by atoms with E-state index in [1.165, 1.54) is 101 Å². The molecule has 0 radical (unpaired) electrons. The monoisotopic (exact) mass is 684 g/mol. The van der Waals surface area contributed by atoms with Gasteiger partial charge in [0, 0.05) is 43.9 Å².